The highest BCUT2D eigenvalue weighted by Gasteiger charge is 2.15. The van der Waals surface area contributed by atoms with Crippen LogP contribution in [0.4, 0.5) is 4.79 Å². The van der Waals surface area contributed by atoms with Gasteiger partial charge in [-0.1, -0.05) is 36.4 Å². The van der Waals surface area contributed by atoms with Crippen molar-refractivity contribution in [2.75, 3.05) is 6.54 Å². The van der Waals surface area contributed by atoms with E-state index < -0.39 is 11.7 Å². The van der Waals surface area contributed by atoms with Crippen molar-refractivity contribution in [3.63, 3.8) is 0 Å². The molecule has 1 amide bonds. The molecule has 1 aromatic carbocycles. The Kier molecular flexibility index (Phi) is 4.20. The van der Waals surface area contributed by atoms with Crippen LogP contribution in [0.5, 0.6) is 0 Å². The first kappa shape index (κ1) is 14.3. The highest BCUT2D eigenvalue weighted by molar-refractivity contribution is 7.09. The summed E-state index contributed by atoms with van der Waals surface area (Å²) in [5.41, 5.74) is 0.647. The van der Waals surface area contributed by atoms with Crippen LogP contribution in [-0.4, -0.2) is 17.3 Å². The summed E-state index contributed by atoms with van der Waals surface area (Å²) in [6.45, 7) is 0.482. The van der Waals surface area contributed by atoms with Crippen molar-refractivity contribution in [3.05, 3.63) is 69.2 Å². The normalized spacial score (nSPS) is 10.5. The summed E-state index contributed by atoms with van der Waals surface area (Å²) in [6, 6.07) is 14.0. The van der Waals surface area contributed by atoms with E-state index in [4.69, 9.17) is 4.52 Å². The van der Waals surface area contributed by atoms with Crippen molar-refractivity contribution >= 4 is 17.4 Å². The van der Waals surface area contributed by atoms with Gasteiger partial charge in [-0.3, -0.25) is 0 Å². The minimum absolute atomic E-state index is 0.444. The minimum atomic E-state index is -0.549. The lowest BCUT2D eigenvalue weighted by Gasteiger charge is -2.07. The zero-order chi connectivity index (χ0) is 15.4. The van der Waals surface area contributed by atoms with E-state index in [1.54, 1.807) is 11.3 Å². The van der Waals surface area contributed by atoms with E-state index in [9.17, 15) is 9.59 Å². The van der Waals surface area contributed by atoms with Gasteiger partial charge in [0.25, 0.3) is 0 Å². The molecule has 0 fully saturated rings. The molecule has 3 aromatic rings. The van der Waals surface area contributed by atoms with Crippen molar-refractivity contribution in [2.24, 2.45) is 0 Å². The van der Waals surface area contributed by atoms with E-state index in [2.05, 4.69) is 5.32 Å². The molecule has 6 heteroatoms. The molecular weight excluding hydrogens is 300 g/mol. The topological polar surface area (TPSA) is 64.2 Å². The summed E-state index contributed by atoms with van der Waals surface area (Å²) in [7, 11) is 0. The minimum Gasteiger partial charge on any atom is -0.335 e. The SMILES string of the molecule is O=C(NCCc1cccs1)n1oc(=O)cc1-c1ccccc1. The highest BCUT2D eigenvalue weighted by atomic mass is 32.1. The van der Waals surface area contributed by atoms with Crippen LogP contribution in [0, 0.1) is 0 Å². The lowest BCUT2D eigenvalue weighted by Crippen LogP contribution is -2.30. The standard InChI is InChI=1S/C16H14N2O3S/c19-15-11-14(12-5-2-1-3-6-12)18(21-15)16(20)17-9-8-13-7-4-10-22-13/h1-7,10-11H,8-9H2,(H,17,20). The third kappa shape index (κ3) is 3.17. The van der Waals surface area contributed by atoms with Gasteiger partial charge in [0.05, 0.1) is 6.07 Å². The van der Waals surface area contributed by atoms with E-state index in [1.807, 2.05) is 47.8 Å². The van der Waals surface area contributed by atoms with Crippen LogP contribution in [-0.2, 0) is 6.42 Å². The fraction of sp³-hybridized carbons (Fsp3) is 0.125. The molecular formula is C16H14N2O3S. The Morgan fingerprint density at radius 3 is 2.73 bits per heavy atom. The van der Waals surface area contributed by atoms with Gasteiger partial charge in [-0.25, -0.2) is 9.59 Å². The van der Waals surface area contributed by atoms with Crippen LogP contribution in [0.25, 0.3) is 11.3 Å². The van der Waals surface area contributed by atoms with E-state index in [0.29, 0.717) is 12.2 Å². The molecule has 1 N–H and O–H groups in total. The zero-order valence-electron chi connectivity index (χ0n) is 11.7. The maximum atomic E-state index is 12.2. The van der Waals surface area contributed by atoms with Gasteiger partial charge in [-0.05, 0) is 17.9 Å². The molecule has 0 spiro atoms. The van der Waals surface area contributed by atoms with Crippen LogP contribution in [0.2, 0.25) is 0 Å². The molecule has 0 radical (unpaired) electrons. The van der Waals surface area contributed by atoms with Gasteiger partial charge in [-0.2, -0.15) is 0 Å². The molecule has 112 valence electrons. The van der Waals surface area contributed by atoms with Crippen LogP contribution in [0.3, 0.4) is 0 Å². The Balaban J connectivity index is 1.74. The summed E-state index contributed by atoms with van der Waals surface area (Å²) >= 11 is 1.64. The Morgan fingerprint density at radius 2 is 2.00 bits per heavy atom. The number of rotatable bonds is 4. The van der Waals surface area contributed by atoms with E-state index in [-0.39, 0.29) is 0 Å². The molecule has 0 saturated carbocycles. The van der Waals surface area contributed by atoms with Crippen molar-refractivity contribution in [1.82, 2.24) is 10.1 Å². The van der Waals surface area contributed by atoms with Crippen LogP contribution in [0.1, 0.15) is 4.88 Å². The predicted molar refractivity (Wildman–Crippen MR) is 85.2 cm³/mol. The van der Waals surface area contributed by atoms with Gasteiger partial charge < -0.3 is 9.84 Å². The van der Waals surface area contributed by atoms with E-state index in [0.717, 1.165) is 16.7 Å². The molecule has 0 atom stereocenters. The Bertz CT molecular complexity index is 804. The summed E-state index contributed by atoms with van der Waals surface area (Å²) in [6.07, 6.45) is 0.746. The second-order valence-electron chi connectivity index (χ2n) is 4.66. The first-order valence-electron chi connectivity index (χ1n) is 6.83. The number of hydrogen-bond acceptors (Lipinski definition) is 4. The van der Waals surface area contributed by atoms with Gasteiger partial charge in [0.1, 0.15) is 5.69 Å². The lowest BCUT2D eigenvalue weighted by molar-refractivity contribution is 0.208. The molecule has 0 aliphatic carbocycles. The summed E-state index contributed by atoms with van der Waals surface area (Å²) < 4.78 is 5.98. The Labute approximate surface area is 130 Å². The molecule has 22 heavy (non-hydrogen) atoms. The van der Waals surface area contributed by atoms with Crippen LogP contribution >= 0.6 is 11.3 Å². The summed E-state index contributed by atoms with van der Waals surface area (Å²) in [4.78, 5) is 24.9. The Hall–Kier alpha value is -2.60. The number of hydrogen-bond donors (Lipinski definition) is 1. The number of carbonyl (C=O) groups is 1. The number of nitrogens with one attached hydrogen (secondary N) is 1. The zero-order valence-corrected chi connectivity index (χ0v) is 12.5. The summed E-state index contributed by atoms with van der Waals surface area (Å²) in [5, 5.41) is 4.75. The van der Waals surface area contributed by atoms with Crippen molar-refractivity contribution in [2.45, 2.75) is 6.42 Å². The number of carbonyl (C=O) groups excluding carboxylic acids is 1. The van der Waals surface area contributed by atoms with E-state index >= 15 is 0 Å². The molecule has 0 bridgehead atoms. The van der Waals surface area contributed by atoms with Gasteiger partial charge in [0, 0.05) is 17.0 Å². The Morgan fingerprint density at radius 1 is 1.18 bits per heavy atom. The molecule has 2 aromatic heterocycles. The predicted octanol–water partition coefficient (Wildman–Crippen LogP) is 2.97. The fourth-order valence-electron chi connectivity index (χ4n) is 2.12. The molecule has 0 unspecified atom stereocenters. The first-order chi connectivity index (χ1) is 10.7. The van der Waals surface area contributed by atoms with Crippen LogP contribution < -0.4 is 10.9 Å². The van der Waals surface area contributed by atoms with Gasteiger partial charge in [0.2, 0.25) is 0 Å². The maximum Gasteiger partial charge on any atom is 0.358 e. The van der Waals surface area contributed by atoms with Gasteiger partial charge in [-0.15, -0.1) is 16.1 Å². The molecule has 2 heterocycles. The van der Waals surface area contributed by atoms with Crippen molar-refractivity contribution in [1.29, 1.82) is 0 Å². The highest BCUT2D eigenvalue weighted by Crippen LogP contribution is 2.17. The van der Waals surface area contributed by atoms with Gasteiger partial charge in [0.15, 0.2) is 0 Å². The molecule has 5 nitrogen and oxygen atoms in total. The fourth-order valence-corrected chi connectivity index (χ4v) is 2.82. The quantitative estimate of drug-likeness (QED) is 0.805. The average molecular weight is 314 g/mol. The van der Waals surface area contributed by atoms with Crippen molar-refractivity contribution in [3.8, 4) is 11.3 Å². The van der Waals surface area contributed by atoms with Gasteiger partial charge >= 0.3 is 11.7 Å². The second-order valence-corrected chi connectivity index (χ2v) is 5.69. The number of benzene rings is 1. The molecule has 0 aliphatic heterocycles. The number of aromatic nitrogens is 1. The average Bonchev–Trinajstić information content (AvgIpc) is 3.17. The van der Waals surface area contributed by atoms with Crippen LogP contribution in [0.15, 0.2) is 63.2 Å². The second kappa shape index (κ2) is 6.44. The largest absolute Gasteiger partial charge is 0.358 e. The number of nitrogens with zero attached hydrogens (tertiary/aromatic N) is 1. The molecule has 0 aliphatic rings. The lowest BCUT2D eigenvalue weighted by atomic mass is 10.1. The third-order valence-corrected chi connectivity index (χ3v) is 4.07. The number of thiophene rings is 1. The molecule has 3 rings (SSSR count). The first-order valence-corrected chi connectivity index (χ1v) is 7.71. The monoisotopic (exact) mass is 314 g/mol. The third-order valence-electron chi connectivity index (χ3n) is 3.14. The van der Waals surface area contributed by atoms with E-state index in [1.165, 1.54) is 10.9 Å². The number of amides is 1. The summed E-state index contributed by atoms with van der Waals surface area (Å²) in [5.74, 6) is 0. The van der Waals surface area contributed by atoms with Crippen molar-refractivity contribution < 1.29 is 9.32 Å². The maximum absolute atomic E-state index is 12.2. The smallest absolute Gasteiger partial charge is 0.335 e. The molecule has 0 saturated heterocycles.